The van der Waals surface area contributed by atoms with Gasteiger partial charge in [-0.25, -0.2) is 0 Å². The first-order valence-electron chi connectivity index (χ1n) is 3.60. The van der Waals surface area contributed by atoms with Crippen LogP contribution in [0.1, 0.15) is 19.7 Å². The van der Waals surface area contributed by atoms with E-state index in [-0.39, 0.29) is 6.61 Å². The summed E-state index contributed by atoms with van der Waals surface area (Å²) in [6, 6.07) is 0. The van der Waals surface area contributed by atoms with Crippen molar-refractivity contribution in [3.05, 3.63) is 5.82 Å². The fourth-order valence-corrected chi connectivity index (χ4v) is 0.744. The highest BCUT2D eigenvalue weighted by molar-refractivity contribution is 4.70. The molecular weight excluding hydrogens is 144 g/mol. The lowest BCUT2D eigenvalue weighted by atomic mass is 10.2. The van der Waals surface area contributed by atoms with Gasteiger partial charge in [0.2, 0.25) is 0 Å². The average molecular weight is 156 g/mol. The van der Waals surface area contributed by atoms with Crippen LogP contribution in [0.4, 0.5) is 0 Å². The van der Waals surface area contributed by atoms with Gasteiger partial charge in [-0.1, -0.05) is 13.8 Å². The number of aliphatic hydroxyl groups excluding tert-OH is 1. The number of aromatic nitrogens is 4. The maximum absolute atomic E-state index is 8.61. The van der Waals surface area contributed by atoms with Crippen LogP contribution in [0.5, 0.6) is 0 Å². The Hall–Kier alpha value is -0.970. The SMILES string of the molecule is CC(C)Cn1nnc(CO)n1. The second kappa shape index (κ2) is 3.43. The Morgan fingerprint density at radius 2 is 2.27 bits per heavy atom. The van der Waals surface area contributed by atoms with E-state index in [0.717, 1.165) is 6.54 Å². The standard InChI is InChI=1S/C6H12N4O/c1-5(2)3-10-8-6(4-11)7-9-10/h5,11H,3-4H2,1-2H3. The molecular formula is C6H12N4O. The van der Waals surface area contributed by atoms with Crippen molar-refractivity contribution in [2.24, 2.45) is 5.92 Å². The van der Waals surface area contributed by atoms with Crippen molar-refractivity contribution in [2.45, 2.75) is 27.0 Å². The second-order valence-electron chi connectivity index (χ2n) is 2.81. The van der Waals surface area contributed by atoms with Crippen molar-refractivity contribution < 1.29 is 5.11 Å². The lowest BCUT2D eigenvalue weighted by Gasteiger charge is -1.99. The third-order valence-electron chi connectivity index (χ3n) is 1.16. The smallest absolute Gasteiger partial charge is 0.200 e. The highest BCUT2D eigenvalue weighted by Gasteiger charge is 2.01. The lowest BCUT2D eigenvalue weighted by molar-refractivity contribution is 0.270. The molecule has 1 aromatic heterocycles. The summed E-state index contributed by atoms with van der Waals surface area (Å²) in [5.41, 5.74) is 0. The van der Waals surface area contributed by atoms with Gasteiger partial charge in [-0.15, -0.1) is 10.2 Å². The van der Waals surface area contributed by atoms with Gasteiger partial charge in [-0.2, -0.15) is 4.80 Å². The van der Waals surface area contributed by atoms with Crippen molar-refractivity contribution in [1.29, 1.82) is 0 Å². The average Bonchev–Trinajstić information content (AvgIpc) is 2.34. The van der Waals surface area contributed by atoms with Gasteiger partial charge in [0, 0.05) is 0 Å². The molecule has 1 heterocycles. The van der Waals surface area contributed by atoms with E-state index in [0.29, 0.717) is 11.7 Å². The van der Waals surface area contributed by atoms with E-state index < -0.39 is 0 Å². The summed E-state index contributed by atoms with van der Waals surface area (Å²) < 4.78 is 0. The molecule has 0 radical (unpaired) electrons. The monoisotopic (exact) mass is 156 g/mol. The third-order valence-corrected chi connectivity index (χ3v) is 1.16. The third kappa shape index (κ3) is 2.27. The zero-order valence-corrected chi connectivity index (χ0v) is 6.73. The maximum Gasteiger partial charge on any atom is 0.200 e. The number of hydrogen-bond donors (Lipinski definition) is 1. The molecule has 0 fully saturated rings. The van der Waals surface area contributed by atoms with Crippen LogP contribution < -0.4 is 0 Å². The van der Waals surface area contributed by atoms with Crippen LogP contribution in [0.2, 0.25) is 0 Å². The second-order valence-corrected chi connectivity index (χ2v) is 2.81. The molecule has 0 amide bonds. The van der Waals surface area contributed by atoms with Crippen LogP contribution in [-0.4, -0.2) is 25.3 Å². The van der Waals surface area contributed by atoms with Crippen molar-refractivity contribution in [3.8, 4) is 0 Å². The van der Waals surface area contributed by atoms with Gasteiger partial charge < -0.3 is 5.11 Å². The predicted molar refractivity (Wildman–Crippen MR) is 38.6 cm³/mol. The minimum absolute atomic E-state index is 0.141. The van der Waals surface area contributed by atoms with E-state index in [2.05, 4.69) is 29.3 Å². The highest BCUT2D eigenvalue weighted by Crippen LogP contribution is 1.94. The lowest BCUT2D eigenvalue weighted by Crippen LogP contribution is -2.08. The molecule has 1 N–H and O–H groups in total. The number of tetrazole rings is 1. The van der Waals surface area contributed by atoms with Crippen LogP contribution >= 0.6 is 0 Å². The van der Waals surface area contributed by atoms with Crippen molar-refractivity contribution in [1.82, 2.24) is 20.2 Å². The van der Waals surface area contributed by atoms with E-state index in [4.69, 9.17) is 5.11 Å². The van der Waals surface area contributed by atoms with Crippen LogP contribution in [0, 0.1) is 5.92 Å². The summed E-state index contributed by atoms with van der Waals surface area (Å²) in [6.45, 7) is 4.75. The van der Waals surface area contributed by atoms with Crippen molar-refractivity contribution >= 4 is 0 Å². The van der Waals surface area contributed by atoms with Crippen LogP contribution in [-0.2, 0) is 13.2 Å². The van der Waals surface area contributed by atoms with E-state index in [9.17, 15) is 0 Å². The summed E-state index contributed by atoms with van der Waals surface area (Å²) >= 11 is 0. The molecule has 62 valence electrons. The number of nitrogens with zero attached hydrogens (tertiary/aromatic N) is 4. The molecule has 0 bridgehead atoms. The van der Waals surface area contributed by atoms with Crippen LogP contribution in [0.3, 0.4) is 0 Å². The van der Waals surface area contributed by atoms with Crippen molar-refractivity contribution in [3.63, 3.8) is 0 Å². The Morgan fingerprint density at radius 3 is 2.73 bits per heavy atom. The highest BCUT2D eigenvalue weighted by atomic mass is 16.3. The predicted octanol–water partition coefficient (Wildman–Crippen LogP) is -0.179. The van der Waals surface area contributed by atoms with E-state index in [1.807, 2.05) is 0 Å². The molecule has 0 atom stereocenters. The summed E-state index contributed by atoms with van der Waals surface area (Å²) in [6.07, 6.45) is 0. The molecule has 0 spiro atoms. The van der Waals surface area contributed by atoms with E-state index in [1.165, 1.54) is 4.80 Å². The molecule has 0 aliphatic carbocycles. The van der Waals surface area contributed by atoms with Crippen LogP contribution in [0.15, 0.2) is 0 Å². The molecule has 0 unspecified atom stereocenters. The first kappa shape index (κ1) is 8.13. The molecule has 0 saturated carbocycles. The number of aliphatic hydroxyl groups is 1. The molecule has 1 aromatic rings. The van der Waals surface area contributed by atoms with Gasteiger partial charge in [0.05, 0.1) is 6.54 Å². The van der Waals surface area contributed by atoms with Gasteiger partial charge in [0.15, 0.2) is 5.82 Å². The molecule has 0 saturated heterocycles. The molecule has 0 aliphatic rings. The molecule has 11 heavy (non-hydrogen) atoms. The summed E-state index contributed by atoms with van der Waals surface area (Å²) in [4.78, 5) is 1.50. The number of rotatable bonds is 3. The summed E-state index contributed by atoms with van der Waals surface area (Å²) in [5.74, 6) is 0.876. The normalized spacial score (nSPS) is 10.9. The van der Waals surface area contributed by atoms with Crippen LogP contribution in [0.25, 0.3) is 0 Å². The zero-order chi connectivity index (χ0) is 8.27. The van der Waals surface area contributed by atoms with Gasteiger partial charge in [-0.05, 0) is 11.1 Å². The Labute approximate surface area is 65.0 Å². The maximum atomic E-state index is 8.61. The summed E-state index contributed by atoms with van der Waals surface area (Å²) in [5, 5.41) is 19.9. The molecule has 1 rings (SSSR count). The first-order valence-corrected chi connectivity index (χ1v) is 3.60. The van der Waals surface area contributed by atoms with Gasteiger partial charge >= 0.3 is 0 Å². The van der Waals surface area contributed by atoms with Gasteiger partial charge in [0.25, 0.3) is 0 Å². The fourth-order valence-electron chi connectivity index (χ4n) is 0.744. The zero-order valence-electron chi connectivity index (χ0n) is 6.73. The molecule has 5 heteroatoms. The Morgan fingerprint density at radius 1 is 1.55 bits per heavy atom. The quantitative estimate of drug-likeness (QED) is 0.659. The topological polar surface area (TPSA) is 63.8 Å². The first-order chi connectivity index (χ1) is 5.22. The van der Waals surface area contributed by atoms with Gasteiger partial charge in [-0.3, -0.25) is 0 Å². The number of hydrogen-bond acceptors (Lipinski definition) is 4. The molecule has 0 aliphatic heterocycles. The van der Waals surface area contributed by atoms with E-state index in [1.54, 1.807) is 0 Å². The largest absolute Gasteiger partial charge is 0.388 e. The Kier molecular flexibility index (Phi) is 2.53. The van der Waals surface area contributed by atoms with Gasteiger partial charge in [0.1, 0.15) is 6.61 Å². The van der Waals surface area contributed by atoms with E-state index >= 15 is 0 Å². The molecule has 0 aromatic carbocycles. The van der Waals surface area contributed by atoms with Crippen molar-refractivity contribution in [2.75, 3.05) is 0 Å². The Bertz CT molecular complexity index is 220. The Balaban J connectivity index is 2.58. The fraction of sp³-hybridized carbons (Fsp3) is 0.833. The molecule has 5 nitrogen and oxygen atoms in total. The minimum atomic E-state index is -0.141. The minimum Gasteiger partial charge on any atom is -0.388 e. The summed E-state index contributed by atoms with van der Waals surface area (Å²) in [7, 11) is 0.